The largest absolute Gasteiger partial charge is 0.394 e. The van der Waals surface area contributed by atoms with E-state index in [1.807, 2.05) is 6.08 Å². The molecule has 2 saturated heterocycles. The van der Waals surface area contributed by atoms with Crippen molar-refractivity contribution in [2.24, 2.45) is 0 Å². The molecule has 0 aromatic heterocycles. The first-order valence-electron chi connectivity index (χ1n) is 32.7. The molecule has 0 bridgehead atoms. The van der Waals surface area contributed by atoms with E-state index < -0.39 is 86.8 Å². The van der Waals surface area contributed by atoms with E-state index in [1.165, 1.54) is 161 Å². The van der Waals surface area contributed by atoms with E-state index in [0.717, 1.165) is 57.8 Å². The van der Waals surface area contributed by atoms with Crippen LogP contribution in [0.4, 0.5) is 0 Å². The summed E-state index contributed by atoms with van der Waals surface area (Å²) in [5.74, 6) is -0.250. The van der Waals surface area contributed by atoms with Crippen LogP contribution >= 0.6 is 0 Å². The monoisotopic (exact) mass is 1150 g/mol. The van der Waals surface area contributed by atoms with Crippen LogP contribution in [0.15, 0.2) is 72.9 Å². The topological polar surface area (TPSA) is 228 Å². The predicted molar refractivity (Wildman–Crippen MR) is 327 cm³/mol. The average Bonchev–Trinajstić information content (AvgIpc) is 3.62. The first kappa shape index (κ1) is 74.5. The lowest BCUT2D eigenvalue weighted by Crippen LogP contribution is -2.65. The summed E-state index contributed by atoms with van der Waals surface area (Å²) in [5.41, 5.74) is 0. The van der Waals surface area contributed by atoms with Gasteiger partial charge in [-0.3, -0.25) is 4.79 Å². The molecular weight excluding hydrogens is 1030 g/mol. The third kappa shape index (κ3) is 36.8. The van der Waals surface area contributed by atoms with E-state index in [1.54, 1.807) is 6.08 Å². The van der Waals surface area contributed by atoms with Gasteiger partial charge >= 0.3 is 0 Å². The van der Waals surface area contributed by atoms with E-state index in [2.05, 4.69) is 79.9 Å². The number of carbonyl (C=O) groups excluding carboxylic acids is 1. The first-order chi connectivity index (χ1) is 39.6. The highest BCUT2D eigenvalue weighted by Gasteiger charge is 2.51. The van der Waals surface area contributed by atoms with Gasteiger partial charge in [0.15, 0.2) is 12.6 Å². The molecule has 0 aliphatic carbocycles. The van der Waals surface area contributed by atoms with Gasteiger partial charge in [0, 0.05) is 6.42 Å². The number of allylic oxidation sites excluding steroid dienone is 11. The van der Waals surface area contributed by atoms with Gasteiger partial charge in [0.25, 0.3) is 0 Å². The summed E-state index contributed by atoms with van der Waals surface area (Å²) in [6.07, 6.45) is 52.3. The highest BCUT2D eigenvalue weighted by atomic mass is 16.7. The maximum atomic E-state index is 13.3. The second-order valence-corrected chi connectivity index (χ2v) is 22.9. The zero-order chi connectivity index (χ0) is 58.8. The zero-order valence-corrected chi connectivity index (χ0v) is 50.8. The Morgan fingerprint density at radius 1 is 0.457 bits per heavy atom. The fourth-order valence-corrected chi connectivity index (χ4v) is 10.4. The summed E-state index contributed by atoms with van der Waals surface area (Å²) >= 11 is 0. The van der Waals surface area contributed by atoms with Gasteiger partial charge in [-0.25, -0.2) is 0 Å². The van der Waals surface area contributed by atoms with Crippen molar-refractivity contribution in [2.45, 2.75) is 325 Å². The van der Waals surface area contributed by atoms with Crippen LogP contribution in [0.5, 0.6) is 0 Å². The number of aliphatic hydroxyl groups is 8. The molecule has 14 heteroatoms. The Balaban J connectivity index is 1.72. The normalized spacial score (nSPS) is 24.6. The summed E-state index contributed by atoms with van der Waals surface area (Å²) in [4.78, 5) is 13.3. The smallest absolute Gasteiger partial charge is 0.220 e. The summed E-state index contributed by atoms with van der Waals surface area (Å²) in [7, 11) is 0. The van der Waals surface area contributed by atoms with Crippen LogP contribution in [0.25, 0.3) is 0 Å². The van der Waals surface area contributed by atoms with Crippen molar-refractivity contribution in [1.29, 1.82) is 0 Å². The summed E-state index contributed by atoms with van der Waals surface area (Å²) in [6, 6.07) is -0.935. The predicted octanol–water partition coefficient (Wildman–Crippen LogP) is 12.3. The Morgan fingerprint density at radius 2 is 0.864 bits per heavy atom. The third-order valence-corrected chi connectivity index (χ3v) is 15.6. The van der Waals surface area contributed by atoms with E-state index >= 15 is 0 Å². The maximum absolute atomic E-state index is 13.3. The van der Waals surface area contributed by atoms with Gasteiger partial charge in [-0.15, -0.1) is 0 Å². The third-order valence-electron chi connectivity index (χ3n) is 15.6. The van der Waals surface area contributed by atoms with Crippen LogP contribution < -0.4 is 5.32 Å². The lowest BCUT2D eigenvalue weighted by atomic mass is 9.97. The highest BCUT2D eigenvalue weighted by Crippen LogP contribution is 2.30. The number of ether oxygens (including phenoxy) is 4. The van der Waals surface area contributed by atoms with Crippen LogP contribution in [0.2, 0.25) is 0 Å². The number of carbonyl (C=O) groups is 1. The average molecular weight is 1150 g/mol. The highest BCUT2D eigenvalue weighted by molar-refractivity contribution is 5.76. The fourth-order valence-electron chi connectivity index (χ4n) is 10.4. The van der Waals surface area contributed by atoms with Crippen LogP contribution in [0.3, 0.4) is 0 Å². The van der Waals surface area contributed by atoms with Crippen LogP contribution in [0.1, 0.15) is 251 Å². The van der Waals surface area contributed by atoms with Gasteiger partial charge in [0.1, 0.15) is 48.8 Å². The van der Waals surface area contributed by atoms with Gasteiger partial charge in [0.05, 0.1) is 32.0 Å². The molecule has 0 aromatic rings. The molecule has 0 aromatic carbocycles. The summed E-state index contributed by atoms with van der Waals surface area (Å²) in [6.45, 7) is 2.69. The minimum Gasteiger partial charge on any atom is -0.394 e. The van der Waals surface area contributed by atoms with Gasteiger partial charge in [0.2, 0.25) is 5.91 Å². The zero-order valence-electron chi connectivity index (χ0n) is 50.8. The van der Waals surface area contributed by atoms with Crippen LogP contribution in [-0.4, -0.2) is 140 Å². The van der Waals surface area contributed by atoms with Gasteiger partial charge < -0.3 is 65.1 Å². The fraction of sp³-hybridized carbons (Fsp3) is 0.806. The number of hydrogen-bond acceptors (Lipinski definition) is 13. The molecule has 470 valence electrons. The summed E-state index contributed by atoms with van der Waals surface area (Å²) in [5, 5.41) is 87.3. The molecule has 2 heterocycles. The Kier molecular flexibility index (Phi) is 47.7. The lowest BCUT2D eigenvalue weighted by Gasteiger charge is -2.46. The second kappa shape index (κ2) is 51.8. The van der Waals surface area contributed by atoms with E-state index in [-0.39, 0.29) is 18.9 Å². The number of hydrogen-bond donors (Lipinski definition) is 9. The van der Waals surface area contributed by atoms with Gasteiger partial charge in [-0.05, 0) is 70.6 Å². The quantitative estimate of drug-likeness (QED) is 0.0204. The number of amides is 1. The molecular formula is C67H119NO13. The lowest BCUT2D eigenvalue weighted by molar-refractivity contribution is -0.359. The minimum atomic E-state index is -1.79. The van der Waals surface area contributed by atoms with E-state index in [4.69, 9.17) is 18.9 Å². The van der Waals surface area contributed by atoms with E-state index in [9.17, 15) is 45.6 Å². The Bertz CT molecular complexity index is 1630. The molecule has 1 amide bonds. The van der Waals surface area contributed by atoms with Crippen LogP contribution in [-0.2, 0) is 23.7 Å². The van der Waals surface area contributed by atoms with Crippen LogP contribution in [0, 0.1) is 0 Å². The Labute approximate surface area is 491 Å². The standard InChI is InChI=1S/C67H119NO13/c1-3-5-7-9-11-13-15-17-19-21-23-25-26-27-28-29-30-31-33-35-37-39-41-43-45-47-49-51-59(72)68-55(56(71)50-48-46-44-42-40-38-36-34-32-24-22-20-18-16-14-12-10-8-6-4-2)54-78-66-64(77)62(75)65(58(53-70)80-66)81-67-63(76)61(74)60(73)57(52-69)79-67/h5,7,11,13,17,19,23,25,40,42,48,50,55-58,60-67,69-71,73-77H,3-4,6,8-10,12,14-16,18,20-22,24,26-39,41,43-47,49,51-54H2,1-2H3,(H,68,72)/b7-5-,13-11-,19-17-,25-23-,42-40+,50-48+. The molecule has 9 N–H and O–H groups in total. The molecule has 0 radical (unpaired) electrons. The number of nitrogens with one attached hydrogen (secondary N) is 1. The van der Waals surface area contributed by atoms with Crippen molar-refractivity contribution < 1.29 is 64.6 Å². The minimum absolute atomic E-state index is 0.250. The number of unbranched alkanes of at least 4 members (excludes halogenated alkanes) is 29. The Hall–Kier alpha value is -2.57. The first-order valence-corrected chi connectivity index (χ1v) is 32.7. The molecule has 2 aliphatic heterocycles. The van der Waals surface area contributed by atoms with Crippen molar-refractivity contribution in [3.05, 3.63) is 72.9 Å². The molecule has 2 fully saturated rings. The number of rotatable bonds is 52. The molecule has 12 unspecified atom stereocenters. The molecule has 0 spiro atoms. The van der Waals surface area contributed by atoms with E-state index in [0.29, 0.717) is 12.8 Å². The maximum Gasteiger partial charge on any atom is 0.220 e. The molecule has 81 heavy (non-hydrogen) atoms. The summed E-state index contributed by atoms with van der Waals surface area (Å²) < 4.78 is 22.8. The van der Waals surface area contributed by atoms with Gasteiger partial charge in [-0.2, -0.15) is 0 Å². The molecule has 2 aliphatic rings. The second-order valence-electron chi connectivity index (χ2n) is 22.9. The van der Waals surface area contributed by atoms with Crippen molar-refractivity contribution in [1.82, 2.24) is 5.32 Å². The van der Waals surface area contributed by atoms with Crippen molar-refractivity contribution in [3.8, 4) is 0 Å². The van der Waals surface area contributed by atoms with Crippen molar-refractivity contribution >= 4 is 5.91 Å². The number of aliphatic hydroxyl groups excluding tert-OH is 8. The van der Waals surface area contributed by atoms with Crippen molar-refractivity contribution in [3.63, 3.8) is 0 Å². The molecule has 14 nitrogen and oxygen atoms in total. The van der Waals surface area contributed by atoms with Crippen molar-refractivity contribution in [2.75, 3.05) is 19.8 Å². The molecule has 2 rings (SSSR count). The SMILES string of the molecule is CC/C=C\C/C=C\C/C=C\C/C=C\CCCCCCCCCCCCCCCCC(=O)NC(COC1OC(CO)C(OC2OC(CO)C(O)C(O)C2O)C(O)C1O)C(O)/C=C/CC/C=C/CCCCCCCCCCCCCCCC. The molecule has 12 atom stereocenters. The van der Waals surface area contributed by atoms with Gasteiger partial charge in [-0.1, -0.05) is 247 Å². The molecule has 0 saturated carbocycles. The Morgan fingerprint density at radius 3 is 1.36 bits per heavy atom.